The molecular weight excluding hydrogens is 166 g/mol. The van der Waals surface area contributed by atoms with E-state index in [-0.39, 0.29) is 5.60 Å². The number of rotatable bonds is 3. The van der Waals surface area contributed by atoms with Crippen LogP contribution < -0.4 is 0 Å². The van der Waals surface area contributed by atoms with Gasteiger partial charge in [-0.15, -0.1) is 0 Å². The Hall–Kier alpha value is -0.120. The van der Waals surface area contributed by atoms with Gasteiger partial charge in [0.05, 0.1) is 5.60 Å². The van der Waals surface area contributed by atoms with Crippen LogP contribution in [0.3, 0.4) is 0 Å². The molecule has 2 fully saturated rings. The summed E-state index contributed by atoms with van der Waals surface area (Å²) in [5, 5.41) is 8.87. The number of likely N-dealkylation sites (tertiary alicyclic amines) is 1. The normalized spacial score (nSPS) is 36.5. The molecule has 2 rings (SSSR count). The van der Waals surface area contributed by atoms with Gasteiger partial charge in [0.25, 0.3) is 0 Å². The molecule has 1 unspecified atom stereocenters. The van der Waals surface area contributed by atoms with Crippen molar-refractivity contribution in [3.63, 3.8) is 0 Å². The molecule has 2 aliphatic heterocycles. The van der Waals surface area contributed by atoms with Crippen molar-refractivity contribution >= 4 is 0 Å². The highest BCUT2D eigenvalue weighted by Gasteiger charge is 2.36. The molecule has 0 aromatic rings. The Bertz CT molecular complexity index is 172. The van der Waals surface area contributed by atoms with Gasteiger partial charge in [-0.3, -0.25) is 4.90 Å². The molecule has 0 radical (unpaired) electrons. The van der Waals surface area contributed by atoms with Crippen molar-refractivity contribution in [2.75, 3.05) is 32.8 Å². The highest BCUT2D eigenvalue weighted by atomic mass is 16.5. The van der Waals surface area contributed by atoms with Crippen LogP contribution in [0, 0.1) is 5.92 Å². The van der Waals surface area contributed by atoms with E-state index in [4.69, 9.17) is 9.84 Å². The zero-order valence-corrected chi connectivity index (χ0v) is 8.33. The molecular formula is C10H19NO2. The third kappa shape index (κ3) is 2.03. The van der Waals surface area contributed by atoms with E-state index in [1.807, 2.05) is 0 Å². The van der Waals surface area contributed by atoms with Crippen LogP contribution in [0.25, 0.3) is 0 Å². The molecule has 3 nitrogen and oxygen atoms in total. The van der Waals surface area contributed by atoms with Crippen molar-refractivity contribution in [3.05, 3.63) is 0 Å². The van der Waals surface area contributed by atoms with Crippen LogP contribution in [0.4, 0.5) is 0 Å². The van der Waals surface area contributed by atoms with E-state index in [1.165, 1.54) is 12.8 Å². The van der Waals surface area contributed by atoms with Gasteiger partial charge in [0.2, 0.25) is 0 Å². The summed E-state index contributed by atoms with van der Waals surface area (Å²) < 4.78 is 5.71. The average Bonchev–Trinajstić information content (AvgIpc) is 2.44. The Labute approximate surface area is 79.7 Å². The van der Waals surface area contributed by atoms with E-state index in [9.17, 15) is 0 Å². The molecule has 0 bridgehead atoms. The molecule has 0 saturated carbocycles. The van der Waals surface area contributed by atoms with Crippen LogP contribution in [0.5, 0.6) is 0 Å². The molecule has 0 amide bonds. The summed E-state index contributed by atoms with van der Waals surface area (Å²) in [6.07, 6.45) is 2.39. The highest BCUT2D eigenvalue weighted by molar-refractivity contribution is 4.89. The second kappa shape index (κ2) is 3.56. The lowest BCUT2D eigenvalue weighted by atomic mass is 9.96. The van der Waals surface area contributed by atoms with Gasteiger partial charge in [0.15, 0.2) is 0 Å². The molecule has 0 aliphatic carbocycles. The van der Waals surface area contributed by atoms with Gasteiger partial charge < -0.3 is 9.84 Å². The highest BCUT2D eigenvalue weighted by Crippen LogP contribution is 2.28. The van der Waals surface area contributed by atoms with E-state index in [0.717, 1.165) is 26.2 Å². The number of aliphatic hydroxyl groups excluding tert-OH is 1. The molecule has 1 N–H and O–H groups in total. The fraction of sp³-hybridized carbons (Fsp3) is 1.00. The van der Waals surface area contributed by atoms with Crippen LogP contribution in [0.2, 0.25) is 0 Å². The van der Waals surface area contributed by atoms with Crippen LogP contribution in [-0.4, -0.2) is 48.5 Å². The maximum atomic E-state index is 8.87. The Morgan fingerprint density at radius 1 is 1.54 bits per heavy atom. The molecule has 3 heteroatoms. The van der Waals surface area contributed by atoms with Gasteiger partial charge in [-0.05, 0) is 19.8 Å². The summed E-state index contributed by atoms with van der Waals surface area (Å²) in [5.74, 6) is 0.519. The average molecular weight is 185 g/mol. The second-order valence-electron chi connectivity index (χ2n) is 4.64. The van der Waals surface area contributed by atoms with Crippen molar-refractivity contribution in [3.8, 4) is 0 Å². The predicted octanol–water partition coefficient (Wildman–Crippen LogP) is 0.480. The number of hydrogen-bond acceptors (Lipinski definition) is 3. The standard InChI is InChI=1S/C10H19NO2/c1-10(3-2-4-13-10)8-11-5-9(6-11)7-12/h9,12H,2-8H2,1H3. The molecule has 2 saturated heterocycles. The van der Waals surface area contributed by atoms with Gasteiger partial charge in [-0.25, -0.2) is 0 Å². The van der Waals surface area contributed by atoms with Crippen LogP contribution in [-0.2, 0) is 4.74 Å². The summed E-state index contributed by atoms with van der Waals surface area (Å²) in [5.41, 5.74) is 0.0976. The summed E-state index contributed by atoms with van der Waals surface area (Å²) in [6.45, 7) is 6.61. The van der Waals surface area contributed by atoms with Crippen LogP contribution in [0.1, 0.15) is 19.8 Å². The lowest BCUT2D eigenvalue weighted by Crippen LogP contribution is -2.53. The molecule has 2 aliphatic rings. The van der Waals surface area contributed by atoms with Crippen LogP contribution >= 0.6 is 0 Å². The maximum absolute atomic E-state index is 8.87. The van der Waals surface area contributed by atoms with Crippen molar-refractivity contribution < 1.29 is 9.84 Å². The van der Waals surface area contributed by atoms with Gasteiger partial charge in [0, 0.05) is 38.8 Å². The minimum atomic E-state index is 0.0976. The number of ether oxygens (including phenoxy) is 1. The number of hydrogen-bond donors (Lipinski definition) is 1. The van der Waals surface area contributed by atoms with Gasteiger partial charge in [0.1, 0.15) is 0 Å². The Balaban J connectivity index is 1.73. The molecule has 1 atom stereocenters. The Morgan fingerprint density at radius 2 is 2.31 bits per heavy atom. The van der Waals surface area contributed by atoms with Crippen molar-refractivity contribution in [1.82, 2.24) is 4.90 Å². The van der Waals surface area contributed by atoms with Crippen molar-refractivity contribution in [2.24, 2.45) is 5.92 Å². The first-order chi connectivity index (χ1) is 6.22. The predicted molar refractivity (Wildman–Crippen MR) is 50.6 cm³/mol. The maximum Gasteiger partial charge on any atom is 0.0781 e. The molecule has 0 aromatic heterocycles. The first-order valence-electron chi connectivity index (χ1n) is 5.19. The van der Waals surface area contributed by atoms with E-state index < -0.39 is 0 Å². The summed E-state index contributed by atoms with van der Waals surface area (Å²) in [4.78, 5) is 2.38. The van der Waals surface area contributed by atoms with E-state index in [1.54, 1.807) is 0 Å². The largest absolute Gasteiger partial charge is 0.396 e. The molecule has 76 valence electrons. The Kier molecular flexibility index (Phi) is 2.58. The minimum absolute atomic E-state index is 0.0976. The lowest BCUT2D eigenvalue weighted by Gasteiger charge is -2.42. The van der Waals surface area contributed by atoms with E-state index in [2.05, 4.69) is 11.8 Å². The molecule has 0 aromatic carbocycles. The summed E-state index contributed by atoms with van der Waals surface area (Å²) in [7, 11) is 0. The SMILES string of the molecule is CC1(CN2CC(CO)C2)CCCO1. The first kappa shape index (κ1) is 9.44. The third-order valence-corrected chi connectivity index (χ3v) is 3.15. The van der Waals surface area contributed by atoms with E-state index >= 15 is 0 Å². The summed E-state index contributed by atoms with van der Waals surface area (Å²) in [6, 6.07) is 0. The monoisotopic (exact) mass is 185 g/mol. The fourth-order valence-corrected chi connectivity index (χ4v) is 2.36. The third-order valence-electron chi connectivity index (χ3n) is 3.15. The van der Waals surface area contributed by atoms with Gasteiger partial charge in [-0.2, -0.15) is 0 Å². The second-order valence-corrected chi connectivity index (χ2v) is 4.64. The Morgan fingerprint density at radius 3 is 2.85 bits per heavy atom. The minimum Gasteiger partial charge on any atom is -0.396 e. The summed E-state index contributed by atoms with van der Waals surface area (Å²) >= 11 is 0. The van der Waals surface area contributed by atoms with Crippen molar-refractivity contribution in [1.29, 1.82) is 0 Å². The zero-order valence-electron chi connectivity index (χ0n) is 8.33. The van der Waals surface area contributed by atoms with Crippen molar-refractivity contribution in [2.45, 2.75) is 25.4 Å². The first-order valence-corrected chi connectivity index (χ1v) is 5.19. The van der Waals surface area contributed by atoms with Gasteiger partial charge in [-0.1, -0.05) is 0 Å². The molecule has 2 heterocycles. The smallest absolute Gasteiger partial charge is 0.0781 e. The number of aliphatic hydroxyl groups is 1. The molecule has 13 heavy (non-hydrogen) atoms. The quantitative estimate of drug-likeness (QED) is 0.694. The number of nitrogens with zero attached hydrogens (tertiary/aromatic N) is 1. The lowest BCUT2D eigenvalue weighted by molar-refractivity contribution is -0.0453. The topological polar surface area (TPSA) is 32.7 Å². The zero-order chi connectivity index (χ0) is 9.31. The van der Waals surface area contributed by atoms with Crippen LogP contribution in [0.15, 0.2) is 0 Å². The molecule has 0 spiro atoms. The fourth-order valence-electron chi connectivity index (χ4n) is 2.36. The van der Waals surface area contributed by atoms with E-state index in [0.29, 0.717) is 12.5 Å². The van der Waals surface area contributed by atoms with Gasteiger partial charge >= 0.3 is 0 Å².